The molecule has 2 atom stereocenters. The predicted molar refractivity (Wildman–Crippen MR) is 121 cm³/mol. The number of aliphatic hydroxyl groups is 1. The van der Waals surface area contributed by atoms with Gasteiger partial charge >= 0.3 is 6.03 Å². The Morgan fingerprint density at radius 1 is 1.03 bits per heavy atom. The van der Waals surface area contributed by atoms with E-state index in [0.717, 1.165) is 0 Å². The minimum Gasteiger partial charge on any atom is -0.392 e. The molecule has 1 rings (SSSR count). The summed E-state index contributed by atoms with van der Waals surface area (Å²) >= 11 is 0. The SMILES string of the molecule is CCCC(=O)N[C@H](C(=O)N[C@@H](CCCNC(N)=O)C(=O)Nc1ccc(CO)cc1)C(C)C. The molecule has 0 saturated heterocycles. The summed E-state index contributed by atoms with van der Waals surface area (Å²) in [6.45, 7) is 5.63. The number of aliphatic hydroxyl groups excluding tert-OH is 1. The lowest BCUT2D eigenvalue weighted by atomic mass is 10.0. The van der Waals surface area contributed by atoms with Crippen LogP contribution in [-0.2, 0) is 21.0 Å². The topological polar surface area (TPSA) is 163 Å². The van der Waals surface area contributed by atoms with Crippen LogP contribution in [0.4, 0.5) is 10.5 Å². The number of nitrogens with two attached hydrogens (primary N) is 1. The summed E-state index contributed by atoms with van der Waals surface area (Å²) in [6.07, 6.45) is 1.62. The molecule has 178 valence electrons. The quantitative estimate of drug-likeness (QED) is 0.247. The molecule has 0 saturated carbocycles. The van der Waals surface area contributed by atoms with E-state index in [9.17, 15) is 19.2 Å². The van der Waals surface area contributed by atoms with Crippen LogP contribution in [0.5, 0.6) is 0 Å². The molecule has 0 radical (unpaired) electrons. The van der Waals surface area contributed by atoms with E-state index in [1.165, 1.54) is 0 Å². The highest BCUT2D eigenvalue weighted by Crippen LogP contribution is 2.12. The molecule has 0 aliphatic carbocycles. The molecule has 0 aromatic heterocycles. The number of rotatable bonds is 13. The van der Waals surface area contributed by atoms with Crippen LogP contribution in [0, 0.1) is 5.92 Å². The zero-order valence-corrected chi connectivity index (χ0v) is 18.9. The standard InChI is InChI=1S/C22H35N5O5/c1-4-6-18(29)27-19(14(2)3)21(31)26-17(7-5-12-24-22(23)32)20(30)25-16-10-8-15(13-28)9-11-16/h8-11,14,17,19,28H,4-7,12-13H2,1-3H3,(H,25,30)(H,26,31)(H,27,29)(H3,23,24,32)/t17-,19-/m0/s1. The Morgan fingerprint density at radius 3 is 2.22 bits per heavy atom. The van der Waals surface area contributed by atoms with Gasteiger partial charge in [-0.15, -0.1) is 0 Å². The molecule has 0 aliphatic heterocycles. The smallest absolute Gasteiger partial charge is 0.312 e. The fourth-order valence-electron chi connectivity index (χ4n) is 2.98. The maximum Gasteiger partial charge on any atom is 0.312 e. The largest absolute Gasteiger partial charge is 0.392 e. The van der Waals surface area contributed by atoms with Gasteiger partial charge in [-0.25, -0.2) is 4.79 Å². The maximum atomic E-state index is 12.9. The Kier molecular flexibility index (Phi) is 11.8. The van der Waals surface area contributed by atoms with E-state index >= 15 is 0 Å². The second kappa shape index (κ2) is 14.0. The van der Waals surface area contributed by atoms with Crippen molar-refractivity contribution in [2.75, 3.05) is 11.9 Å². The predicted octanol–water partition coefficient (Wildman–Crippen LogP) is 0.992. The van der Waals surface area contributed by atoms with Crippen molar-refractivity contribution in [1.82, 2.24) is 16.0 Å². The summed E-state index contributed by atoms with van der Waals surface area (Å²) in [4.78, 5) is 48.6. The monoisotopic (exact) mass is 449 g/mol. The summed E-state index contributed by atoms with van der Waals surface area (Å²) in [6, 6.07) is 4.32. The zero-order valence-electron chi connectivity index (χ0n) is 18.9. The summed E-state index contributed by atoms with van der Waals surface area (Å²) in [5, 5.41) is 19.8. The van der Waals surface area contributed by atoms with Crippen molar-refractivity contribution >= 4 is 29.4 Å². The van der Waals surface area contributed by atoms with Crippen molar-refractivity contribution in [3.8, 4) is 0 Å². The minimum absolute atomic E-state index is 0.111. The fourth-order valence-corrected chi connectivity index (χ4v) is 2.98. The number of hydrogen-bond acceptors (Lipinski definition) is 5. The van der Waals surface area contributed by atoms with Crippen LogP contribution in [0.25, 0.3) is 0 Å². The van der Waals surface area contributed by atoms with Crippen molar-refractivity contribution in [1.29, 1.82) is 0 Å². The third-order valence-corrected chi connectivity index (χ3v) is 4.75. The molecule has 5 amide bonds. The van der Waals surface area contributed by atoms with Gasteiger partial charge in [-0.3, -0.25) is 14.4 Å². The Hall–Kier alpha value is -3.14. The number of benzene rings is 1. The normalized spacial score (nSPS) is 12.5. The summed E-state index contributed by atoms with van der Waals surface area (Å²) < 4.78 is 0. The van der Waals surface area contributed by atoms with Gasteiger partial charge in [0.15, 0.2) is 0 Å². The van der Waals surface area contributed by atoms with Crippen LogP contribution in [0.2, 0.25) is 0 Å². The van der Waals surface area contributed by atoms with E-state index in [0.29, 0.717) is 30.5 Å². The van der Waals surface area contributed by atoms with Crippen LogP contribution in [0.3, 0.4) is 0 Å². The Labute approximate surface area is 188 Å². The number of nitrogens with one attached hydrogen (secondary N) is 4. The number of anilines is 1. The van der Waals surface area contributed by atoms with Crippen molar-refractivity contribution in [3.05, 3.63) is 29.8 Å². The lowest BCUT2D eigenvalue weighted by Crippen LogP contribution is -2.54. The Balaban J connectivity index is 2.89. The molecular formula is C22H35N5O5. The van der Waals surface area contributed by atoms with Crippen molar-refractivity contribution in [2.24, 2.45) is 11.7 Å². The Morgan fingerprint density at radius 2 is 1.69 bits per heavy atom. The lowest BCUT2D eigenvalue weighted by Gasteiger charge is -2.25. The number of carbonyl (C=O) groups excluding carboxylic acids is 4. The van der Waals surface area contributed by atoms with Gasteiger partial charge in [-0.05, 0) is 42.9 Å². The van der Waals surface area contributed by atoms with Gasteiger partial charge in [0.05, 0.1) is 6.61 Å². The second-order valence-electron chi connectivity index (χ2n) is 7.88. The molecule has 0 heterocycles. The molecule has 0 fully saturated rings. The molecule has 10 heteroatoms. The highest BCUT2D eigenvalue weighted by molar-refractivity contribution is 5.98. The summed E-state index contributed by atoms with van der Waals surface area (Å²) in [7, 11) is 0. The summed E-state index contributed by atoms with van der Waals surface area (Å²) in [5.41, 5.74) is 6.28. The Bertz CT molecular complexity index is 766. The molecule has 10 nitrogen and oxygen atoms in total. The van der Waals surface area contributed by atoms with Crippen LogP contribution < -0.4 is 27.0 Å². The number of urea groups is 1. The van der Waals surface area contributed by atoms with Crippen molar-refractivity contribution in [2.45, 2.75) is 65.1 Å². The number of primary amides is 1. The number of amides is 5. The second-order valence-corrected chi connectivity index (χ2v) is 7.88. The number of carbonyl (C=O) groups is 4. The molecule has 0 spiro atoms. The van der Waals surface area contributed by atoms with Crippen LogP contribution in [0.15, 0.2) is 24.3 Å². The van der Waals surface area contributed by atoms with Crippen LogP contribution >= 0.6 is 0 Å². The molecule has 1 aromatic carbocycles. The first-order valence-corrected chi connectivity index (χ1v) is 10.8. The van der Waals surface area contributed by atoms with Gasteiger partial charge in [0, 0.05) is 18.7 Å². The van der Waals surface area contributed by atoms with Crippen LogP contribution in [0.1, 0.15) is 52.0 Å². The third-order valence-electron chi connectivity index (χ3n) is 4.75. The van der Waals surface area contributed by atoms with Crippen molar-refractivity contribution < 1.29 is 24.3 Å². The maximum absolute atomic E-state index is 12.9. The van der Waals surface area contributed by atoms with E-state index in [-0.39, 0.29) is 31.4 Å². The lowest BCUT2D eigenvalue weighted by molar-refractivity contribution is -0.132. The van der Waals surface area contributed by atoms with E-state index in [2.05, 4.69) is 21.3 Å². The minimum atomic E-state index is -0.890. The first-order valence-electron chi connectivity index (χ1n) is 10.8. The average Bonchev–Trinajstić information content (AvgIpc) is 2.74. The highest BCUT2D eigenvalue weighted by atomic mass is 16.3. The zero-order chi connectivity index (χ0) is 24.1. The first kappa shape index (κ1) is 26.9. The van der Waals surface area contributed by atoms with E-state index in [1.54, 1.807) is 24.3 Å². The van der Waals surface area contributed by atoms with Gasteiger partial charge in [0.2, 0.25) is 17.7 Å². The van der Waals surface area contributed by atoms with Gasteiger partial charge in [0.25, 0.3) is 0 Å². The van der Waals surface area contributed by atoms with E-state index < -0.39 is 29.9 Å². The van der Waals surface area contributed by atoms with Crippen LogP contribution in [-0.4, -0.2) is 47.5 Å². The van der Waals surface area contributed by atoms with Gasteiger partial charge in [-0.2, -0.15) is 0 Å². The van der Waals surface area contributed by atoms with Gasteiger partial charge in [-0.1, -0.05) is 32.9 Å². The highest BCUT2D eigenvalue weighted by Gasteiger charge is 2.28. The number of hydrogen-bond donors (Lipinski definition) is 6. The first-order chi connectivity index (χ1) is 15.2. The fraction of sp³-hybridized carbons (Fsp3) is 0.545. The van der Waals surface area contributed by atoms with Gasteiger partial charge in [0.1, 0.15) is 12.1 Å². The van der Waals surface area contributed by atoms with E-state index in [1.807, 2.05) is 20.8 Å². The third kappa shape index (κ3) is 9.78. The molecular weight excluding hydrogens is 414 g/mol. The van der Waals surface area contributed by atoms with Gasteiger partial charge < -0.3 is 32.1 Å². The summed E-state index contributed by atoms with van der Waals surface area (Å²) in [5.74, 6) is -1.29. The molecule has 0 aliphatic rings. The molecule has 7 N–H and O–H groups in total. The van der Waals surface area contributed by atoms with E-state index in [4.69, 9.17) is 10.8 Å². The molecule has 0 bridgehead atoms. The molecule has 0 unspecified atom stereocenters. The average molecular weight is 450 g/mol. The molecule has 1 aromatic rings. The van der Waals surface area contributed by atoms with Crippen molar-refractivity contribution in [3.63, 3.8) is 0 Å². The molecule has 32 heavy (non-hydrogen) atoms.